The highest BCUT2D eigenvalue weighted by molar-refractivity contribution is 5.77. The van der Waals surface area contributed by atoms with E-state index in [0.717, 1.165) is 12.8 Å². The molecule has 0 radical (unpaired) electrons. The second kappa shape index (κ2) is 3.21. The standard InChI is InChI=1S/C12H20O3/c1-11(2)8-5-6-12(3,7-14-4)9(11)10(13)15-8/h8-9H,5-7H2,1-4H3/t8-,9+,12+/m1/s1. The van der Waals surface area contributed by atoms with Crippen LogP contribution in [0, 0.1) is 16.7 Å². The van der Waals surface area contributed by atoms with E-state index in [0.29, 0.717) is 6.61 Å². The van der Waals surface area contributed by atoms with Gasteiger partial charge in [0.15, 0.2) is 0 Å². The first-order valence-electron chi connectivity index (χ1n) is 5.61. The number of methoxy groups -OCH3 is 1. The van der Waals surface area contributed by atoms with Crippen LogP contribution in [-0.4, -0.2) is 25.8 Å². The van der Waals surface area contributed by atoms with Crippen molar-refractivity contribution >= 4 is 5.97 Å². The third-order valence-corrected chi connectivity index (χ3v) is 4.22. The van der Waals surface area contributed by atoms with Crippen LogP contribution in [0.15, 0.2) is 0 Å². The number of fused-ring (bicyclic) bond motifs is 2. The summed E-state index contributed by atoms with van der Waals surface area (Å²) < 4.78 is 10.7. The molecule has 86 valence electrons. The molecule has 0 N–H and O–H groups in total. The van der Waals surface area contributed by atoms with E-state index in [9.17, 15) is 4.79 Å². The largest absolute Gasteiger partial charge is 0.462 e. The zero-order valence-corrected chi connectivity index (χ0v) is 10.0. The Bertz CT molecular complexity index is 285. The van der Waals surface area contributed by atoms with Gasteiger partial charge in [0.1, 0.15) is 6.10 Å². The minimum atomic E-state index is -0.0532. The van der Waals surface area contributed by atoms with Crippen molar-refractivity contribution in [1.82, 2.24) is 0 Å². The van der Waals surface area contributed by atoms with Crippen molar-refractivity contribution < 1.29 is 14.3 Å². The van der Waals surface area contributed by atoms with E-state index in [1.807, 2.05) is 0 Å². The van der Waals surface area contributed by atoms with Crippen molar-refractivity contribution in [2.24, 2.45) is 16.7 Å². The van der Waals surface area contributed by atoms with Gasteiger partial charge < -0.3 is 9.47 Å². The number of ether oxygens (including phenoxy) is 2. The molecule has 1 saturated heterocycles. The third-order valence-electron chi connectivity index (χ3n) is 4.22. The van der Waals surface area contributed by atoms with Gasteiger partial charge in [-0.3, -0.25) is 4.79 Å². The van der Waals surface area contributed by atoms with Gasteiger partial charge in [0.2, 0.25) is 0 Å². The number of carbonyl (C=O) groups is 1. The number of esters is 1. The lowest BCUT2D eigenvalue weighted by molar-refractivity contribution is -0.146. The van der Waals surface area contributed by atoms with E-state index in [1.165, 1.54) is 0 Å². The van der Waals surface area contributed by atoms with Crippen molar-refractivity contribution in [3.8, 4) is 0 Å². The average Bonchev–Trinajstić information content (AvgIpc) is 2.25. The highest BCUT2D eigenvalue weighted by atomic mass is 16.6. The van der Waals surface area contributed by atoms with Crippen LogP contribution in [0.5, 0.6) is 0 Å². The van der Waals surface area contributed by atoms with Crippen LogP contribution < -0.4 is 0 Å². The second-order valence-electron chi connectivity index (χ2n) is 5.81. The van der Waals surface area contributed by atoms with Crippen LogP contribution in [0.2, 0.25) is 0 Å². The van der Waals surface area contributed by atoms with Gasteiger partial charge in [-0.25, -0.2) is 0 Å². The maximum Gasteiger partial charge on any atom is 0.310 e. The Balaban J connectivity index is 2.34. The summed E-state index contributed by atoms with van der Waals surface area (Å²) in [7, 11) is 1.70. The molecule has 0 aromatic carbocycles. The first kappa shape index (κ1) is 10.9. The summed E-state index contributed by atoms with van der Waals surface area (Å²) >= 11 is 0. The van der Waals surface area contributed by atoms with Gasteiger partial charge in [-0.1, -0.05) is 20.8 Å². The second-order valence-corrected chi connectivity index (χ2v) is 5.81. The smallest absolute Gasteiger partial charge is 0.310 e. The van der Waals surface area contributed by atoms with Crippen molar-refractivity contribution in [2.45, 2.75) is 39.7 Å². The zero-order valence-electron chi connectivity index (χ0n) is 10.0. The summed E-state index contributed by atoms with van der Waals surface area (Å²) in [5, 5.41) is 0. The zero-order chi connectivity index (χ0) is 11.3. The van der Waals surface area contributed by atoms with E-state index in [2.05, 4.69) is 20.8 Å². The molecule has 1 saturated carbocycles. The molecule has 0 amide bonds. The molecule has 0 aromatic rings. The van der Waals surface area contributed by atoms with Crippen molar-refractivity contribution in [3.05, 3.63) is 0 Å². The highest BCUT2D eigenvalue weighted by Crippen LogP contribution is 2.56. The number of hydrogen-bond acceptors (Lipinski definition) is 3. The quantitative estimate of drug-likeness (QED) is 0.657. The SMILES string of the molecule is COC[C@]1(C)CC[C@H]2OC(=O)[C@H]1C2(C)C. The number of hydrogen-bond donors (Lipinski definition) is 0. The molecule has 2 bridgehead atoms. The van der Waals surface area contributed by atoms with E-state index in [4.69, 9.17) is 9.47 Å². The molecule has 15 heavy (non-hydrogen) atoms. The Kier molecular flexibility index (Phi) is 2.34. The summed E-state index contributed by atoms with van der Waals surface area (Å²) in [5.74, 6) is -0.0363. The van der Waals surface area contributed by atoms with Gasteiger partial charge in [0, 0.05) is 17.9 Å². The predicted octanol–water partition coefficient (Wildman–Crippen LogP) is 2.00. The third kappa shape index (κ3) is 1.40. The number of carbonyl (C=O) groups excluding carboxylic acids is 1. The minimum Gasteiger partial charge on any atom is -0.462 e. The van der Waals surface area contributed by atoms with Crippen molar-refractivity contribution in [1.29, 1.82) is 0 Å². The first-order chi connectivity index (χ1) is 6.92. The van der Waals surface area contributed by atoms with Crippen LogP contribution in [0.1, 0.15) is 33.6 Å². The van der Waals surface area contributed by atoms with Crippen LogP contribution in [0.4, 0.5) is 0 Å². The molecule has 2 fully saturated rings. The van der Waals surface area contributed by atoms with Gasteiger partial charge in [-0.15, -0.1) is 0 Å². The molecule has 0 unspecified atom stereocenters. The molecule has 3 heteroatoms. The lowest BCUT2D eigenvalue weighted by Gasteiger charge is -2.45. The Morgan fingerprint density at radius 3 is 2.73 bits per heavy atom. The van der Waals surface area contributed by atoms with Crippen molar-refractivity contribution in [2.75, 3.05) is 13.7 Å². The van der Waals surface area contributed by atoms with Crippen LogP contribution in [-0.2, 0) is 14.3 Å². The first-order valence-corrected chi connectivity index (χ1v) is 5.61. The average molecular weight is 212 g/mol. The molecule has 2 aliphatic rings. The summed E-state index contributed by atoms with van der Waals surface area (Å²) in [6.07, 6.45) is 2.10. The minimum absolute atomic E-state index is 0.0105. The van der Waals surface area contributed by atoms with Crippen LogP contribution in [0.25, 0.3) is 0 Å². The summed E-state index contributed by atoms with van der Waals surface area (Å²) in [6.45, 7) is 7.06. The van der Waals surface area contributed by atoms with E-state index in [-0.39, 0.29) is 28.8 Å². The molecule has 1 heterocycles. The molecular formula is C12H20O3. The molecule has 1 aliphatic heterocycles. The van der Waals surface area contributed by atoms with Gasteiger partial charge in [-0.05, 0) is 12.8 Å². The molecule has 3 atom stereocenters. The van der Waals surface area contributed by atoms with Gasteiger partial charge in [0.25, 0.3) is 0 Å². The lowest BCUT2D eigenvalue weighted by atomic mass is 9.57. The lowest BCUT2D eigenvalue weighted by Crippen LogP contribution is -2.47. The summed E-state index contributed by atoms with van der Waals surface area (Å²) in [6, 6.07) is 0. The fourth-order valence-corrected chi connectivity index (χ4v) is 3.55. The van der Waals surface area contributed by atoms with Crippen molar-refractivity contribution in [3.63, 3.8) is 0 Å². The van der Waals surface area contributed by atoms with Gasteiger partial charge >= 0.3 is 5.97 Å². The Labute approximate surface area is 91.1 Å². The molecule has 0 spiro atoms. The molecule has 1 aliphatic carbocycles. The maximum atomic E-state index is 11.9. The fourth-order valence-electron chi connectivity index (χ4n) is 3.55. The Morgan fingerprint density at radius 1 is 1.47 bits per heavy atom. The van der Waals surface area contributed by atoms with Gasteiger partial charge in [0.05, 0.1) is 12.5 Å². The van der Waals surface area contributed by atoms with E-state index < -0.39 is 0 Å². The molecular weight excluding hydrogens is 192 g/mol. The topological polar surface area (TPSA) is 35.5 Å². The van der Waals surface area contributed by atoms with E-state index in [1.54, 1.807) is 7.11 Å². The maximum absolute atomic E-state index is 11.9. The Hall–Kier alpha value is -0.570. The number of rotatable bonds is 2. The normalized spacial score (nSPS) is 42.8. The monoisotopic (exact) mass is 212 g/mol. The fraction of sp³-hybridized carbons (Fsp3) is 0.917. The predicted molar refractivity (Wildman–Crippen MR) is 56.4 cm³/mol. The Morgan fingerprint density at radius 2 is 2.13 bits per heavy atom. The van der Waals surface area contributed by atoms with E-state index >= 15 is 0 Å². The molecule has 3 nitrogen and oxygen atoms in total. The van der Waals surface area contributed by atoms with Crippen LogP contribution >= 0.6 is 0 Å². The van der Waals surface area contributed by atoms with Crippen LogP contribution in [0.3, 0.4) is 0 Å². The summed E-state index contributed by atoms with van der Waals surface area (Å²) in [5.41, 5.74) is -0.0923. The molecule has 0 aromatic heterocycles. The van der Waals surface area contributed by atoms with Gasteiger partial charge in [-0.2, -0.15) is 0 Å². The molecule has 2 rings (SSSR count). The summed E-state index contributed by atoms with van der Waals surface area (Å²) in [4.78, 5) is 11.9. The highest BCUT2D eigenvalue weighted by Gasteiger charge is 2.61.